The van der Waals surface area contributed by atoms with E-state index in [9.17, 15) is 4.79 Å². The van der Waals surface area contributed by atoms with Crippen molar-refractivity contribution in [2.24, 2.45) is 0 Å². The first-order valence-corrected chi connectivity index (χ1v) is 7.68. The van der Waals surface area contributed by atoms with E-state index >= 15 is 0 Å². The molecule has 0 spiro atoms. The van der Waals surface area contributed by atoms with Crippen molar-refractivity contribution in [3.05, 3.63) is 53.8 Å². The number of nitrogens with one attached hydrogen (secondary N) is 1. The molecule has 0 aliphatic rings. The zero-order valence-corrected chi connectivity index (χ0v) is 12.5. The Morgan fingerprint density at radius 1 is 1.25 bits per heavy atom. The zero-order chi connectivity index (χ0) is 14.2. The van der Waals surface area contributed by atoms with E-state index < -0.39 is 0 Å². The van der Waals surface area contributed by atoms with Crippen molar-refractivity contribution in [3.63, 3.8) is 0 Å². The number of nitrogens with zero attached hydrogens (tertiary/aromatic N) is 1. The number of amides is 1. The maximum atomic E-state index is 11.7. The molecule has 3 nitrogen and oxygen atoms in total. The van der Waals surface area contributed by atoms with Crippen molar-refractivity contribution in [1.29, 1.82) is 0 Å². The molecule has 5 heteroatoms. The normalized spacial score (nSPS) is 10.2. The average Bonchev–Trinajstić information content (AvgIpc) is 2.46. The van der Waals surface area contributed by atoms with Crippen LogP contribution in [-0.2, 0) is 4.79 Å². The second kappa shape index (κ2) is 7.92. The van der Waals surface area contributed by atoms with Gasteiger partial charge in [0.05, 0.1) is 11.9 Å². The Labute approximate surface area is 127 Å². The molecule has 0 aliphatic carbocycles. The Morgan fingerprint density at radius 2 is 2.05 bits per heavy atom. The van der Waals surface area contributed by atoms with Gasteiger partial charge in [0.15, 0.2) is 0 Å². The van der Waals surface area contributed by atoms with Gasteiger partial charge in [0.1, 0.15) is 0 Å². The topological polar surface area (TPSA) is 42.0 Å². The van der Waals surface area contributed by atoms with Crippen molar-refractivity contribution < 1.29 is 4.79 Å². The first-order chi connectivity index (χ1) is 9.74. The summed E-state index contributed by atoms with van der Waals surface area (Å²) >= 11 is 7.55. The molecule has 1 N–H and O–H groups in total. The van der Waals surface area contributed by atoms with Crippen LogP contribution in [-0.4, -0.2) is 16.6 Å². The summed E-state index contributed by atoms with van der Waals surface area (Å²) in [6.07, 6.45) is 4.66. The first kappa shape index (κ1) is 14.9. The molecule has 0 radical (unpaired) electrons. The third kappa shape index (κ3) is 5.23. The Balaban J connectivity index is 1.66. The van der Waals surface area contributed by atoms with Gasteiger partial charge in [-0.25, -0.2) is 0 Å². The third-order valence-electron chi connectivity index (χ3n) is 2.58. The standard InChI is InChI=1S/C15H15ClN2OS/c16-12-5-7-14(8-6-12)20-10-2-4-15(19)18-13-3-1-9-17-11-13/h1,3,5-9,11H,2,4,10H2,(H,18,19). The van der Waals surface area contributed by atoms with Gasteiger partial charge in [0.2, 0.25) is 5.91 Å². The molecule has 1 amide bonds. The van der Waals surface area contributed by atoms with Crippen LogP contribution in [0.3, 0.4) is 0 Å². The van der Waals surface area contributed by atoms with E-state index in [0.29, 0.717) is 6.42 Å². The summed E-state index contributed by atoms with van der Waals surface area (Å²) in [5, 5.41) is 3.56. The van der Waals surface area contributed by atoms with Crippen LogP contribution in [0.2, 0.25) is 5.02 Å². The lowest BCUT2D eigenvalue weighted by atomic mass is 10.3. The summed E-state index contributed by atoms with van der Waals surface area (Å²) in [6, 6.07) is 11.3. The number of anilines is 1. The minimum Gasteiger partial charge on any atom is -0.325 e. The van der Waals surface area contributed by atoms with E-state index in [2.05, 4.69) is 10.3 Å². The number of pyridine rings is 1. The van der Waals surface area contributed by atoms with E-state index in [-0.39, 0.29) is 5.91 Å². The molecule has 104 valence electrons. The van der Waals surface area contributed by atoms with E-state index in [1.807, 2.05) is 30.3 Å². The first-order valence-electron chi connectivity index (χ1n) is 6.32. The molecule has 1 heterocycles. The summed E-state index contributed by atoms with van der Waals surface area (Å²) in [6.45, 7) is 0. The molecule has 2 rings (SSSR count). The lowest BCUT2D eigenvalue weighted by molar-refractivity contribution is -0.116. The summed E-state index contributed by atoms with van der Waals surface area (Å²) in [5.74, 6) is 0.928. The number of thioether (sulfide) groups is 1. The van der Waals surface area contributed by atoms with Crippen molar-refractivity contribution in [1.82, 2.24) is 4.98 Å². The number of halogens is 1. The molecule has 0 bridgehead atoms. The monoisotopic (exact) mass is 306 g/mol. The number of benzene rings is 1. The molecule has 2 aromatic rings. The second-order valence-electron chi connectivity index (χ2n) is 4.20. The van der Waals surface area contributed by atoms with Gasteiger partial charge < -0.3 is 5.32 Å². The zero-order valence-electron chi connectivity index (χ0n) is 10.9. The van der Waals surface area contributed by atoms with Gasteiger partial charge in [-0.2, -0.15) is 0 Å². The van der Waals surface area contributed by atoms with Gasteiger partial charge in [-0.3, -0.25) is 9.78 Å². The number of carbonyl (C=O) groups is 1. The number of hydrogen-bond acceptors (Lipinski definition) is 3. The van der Waals surface area contributed by atoms with Crippen LogP contribution in [0.15, 0.2) is 53.7 Å². The Kier molecular flexibility index (Phi) is 5.89. The molecule has 1 aromatic carbocycles. The molecule has 20 heavy (non-hydrogen) atoms. The molecular formula is C15H15ClN2OS. The Bertz CT molecular complexity index is 546. The van der Waals surface area contributed by atoms with Gasteiger partial charge in [0, 0.05) is 22.5 Å². The number of carbonyl (C=O) groups excluding carboxylic acids is 1. The molecule has 0 atom stereocenters. The van der Waals surface area contributed by atoms with Gasteiger partial charge in [0.25, 0.3) is 0 Å². The predicted molar refractivity (Wildman–Crippen MR) is 84.3 cm³/mol. The lowest BCUT2D eigenvalue weighted by Crippen LogP contribution is -2.11. The number of aromatic nitrogens is 1. The smallest absolute Gasteiger partial charge is 0.224 e. The fourth-order valence-corrected chi connectivity index (χ4v) is 2.59. The lowest BCUT2D eigenvalue weighted by Gasteiger charge is -2.04. The average molecular weight is 307 g/mol. The van der Waals surface area contributed by atoms with E-state index in [0.717, 1.165) is 22.9 Å². The SMILES string of the molecule is O=C(CCCSc1ccc(Cl)cc1)Nc1cccnc1. The summed E-state index contributed by atoms with van der Waals surface area (Å²) < 4.78 is 0. The molecule has 0 unspecified atom stereocenters. The van der Waals surface area contributed by atoms with Gasteiger partial charge in [-0.15, -0.1) is 11.8 Å². The highest BCUT2D eigenvalue weighted by Gasteiger charge is 2.02. The molecule has 1 aromatic heterocycles. The van der Waals surface area contributed by atoms with E-state index in [4.69, 9.17) is 11.6 Å². The Morgan fingerprint density at radius 3 is 2.75 bits per heavy atom. The van der Waals surface area contributed by atoms with Crippen molar-refractivity contribution in [2.45, 2.75) is 17.7 Å². The fourth-order valence-electron chi connectivity index (χ4n) is 1.61. The van der Waals surface area contributed by atoms with Crippen LogP contribution in [0, 0.1) is 0 Å². The molecule has 0 saturated heterocycles. The van der Waals surface area contributed by atoms with Crippen molar-refractivity contribution in [2.75, 3.05) is 11.1 Å². The largest absolute Gasteiger partial charge is 0.325 e. The van der Waals surface area contributed by atoms with Gasteiger partial charge in [-0.1, -0.05) is 11.6 Å². The van der Waals surface area contributed by atoms with Gasteiger partial charge in [-0.05, 0) is 48.6 Å². The van der Waals surface area contributed by atoms with Crippen LogP contribution in [0.1, 0.15) is 12.8 Å². The summed E-state index contributed by atoms with van der Waals surface area (Å²) in [4.78, 5) is 16.8. The maximum Gasteiger partial charge on any atom is 0.224 e. The quantitative estimate of drug-likeness (QED) is 0.641. The van der Waals surface area contributed by atoms with Crippen LogP contribution < -0.4 is 5.32 Å². The van der Waals surface area contributed by atoms with Crippen LogP contribution >= 0.6 is 23.4 Å². The van der Waals surface area contributed by atoms with Crippen LogP contribution in [0.5, 0.6) is 0 Å². The molecule has 0 fully saturated rings. The van der Waals surface area contributed by atoms with E-state index in [1.54, 1.807) is 30.2 Å². The van der Waals surface area contributed by atoms with E-state index in [1.165, 1.54) is 4.90 Å². The maximum absolute atomic E-state index is 11.7. The third-order valence-corrected chi connectivity index (χ3v) is 3.93. The highest BCUT2D eigenvalue weighted by Crippen LogP contribution is 2.21. The van der Waals surface area contributed by atoms with Crippen LogP contribution in [0.25, 0.3) is 0 Å². The highest BCUT2D eigenvalue weighted by molar-refractivity contribution is 7.99. The van der Waals surface area contributed by atoms with Crippen LogP contribution in [0.4, 0.5) is 5.69 Å². The molecular weight excluding hydrogens is 292 g/mol. The second-order valence-corrected chi connectivity index (χ2v) is 5.80. The minimum atomic E-state index is 0.0229. The summed E-state index contributed by atoms with van der Waals surface area (Å²) in [5.41, 5.74) is 0.739. The predicted octanol–water partition coefficient (Wildman–Crippen LogP) is 4.25. The van der Waals surface area contributed by atoms with Gasteiger partial charge >= 0.3 is 0 Å². The number of rotatable bonds is 6. The minimum absolute atomic E-state index is 0.0229. The summed E-state index contributed by atoms with van der Waals surface area (Å²) in [7, 11) is 0. The van der Waals surface area contributed by atoms with Crippen molar-refractivity contribution in [3.8, 4) is 0 Å². The number of hydrogen-bond donors (Lipinski definition) is 1. The molecule has 0 aliphatic heterocycles. The van der Waals surface area contributed by atoms with Crippen molar-refractivity contribution >= 4 is 35.0 Å². The Hall–Kier alpha value is -1.52. The molecule has 0 saturated carbocycles. The fraction of sp³-hybridized carbons (Fsp3) is 0.200. The highest BCUT2D eigenvalue weighted by atomic mass is 35.5.